The first-order valence-corrected chi connectivity index (χ1v) is 11.4. The minimum Gasteiger partial charge on any atom is -0.379 e. The van der Waals surface area contributed by atoms with E-state index in [2.05, 4.69) is 5.32 Å². The lowest BCUT2D eigenvalue weighted by Crippen LogP contribution is -2.40. The summed E-state index contributed by atoms with van der Waals surface area (Å²) in [6, 6.07) is 10.3. The van der Waals surface area contributed by atoms with Gasteiger partial charge in [0, 0.05) is 30.1 Å². The van der Waals surface area contributed by atoms with E-state index >= 15 is 0 Å². The van der Waals surface area contributed by atoms with Gasteiger partial charge in [0.25, 0.3) is 5.91 Å². The summed E-state index contributed by atoms with van der Waals surface area (Å²) in [4.78, 5) is 16.0. The summed E-state index contributed by atoms with van der Waals surface area (Å²) in [5.41, 5.74) is 0.332. The Labute approximate surface area is 170 Å². The number of carbonyl (C=O) groups excluding carboxylic acids is 1. The van der Waals surface area contributed by atoms with Gasteiger partial charge in [0.2, 0.25) is 10.0 Å². The first kappa shape index (κ1) is 20.9. The van der Waals surface area contributed by atoms with Crippen molar-refractivity contribution in [3.63, 3.8) is 0 Å². The predicted molar refractivity (Wildman–Crippen MR) is 109 cm³/mol. The third-order valence-electron chi connectivity index (χ3n) is 4.65. The molecule has 28 heavy (non-hydrogen) atoms. The van der Waals surface area contributed by atoms with Gasteiger partial charge in [-0.15, -0.1) is 11.3 Å². The van der Waals surface area contributed by atoms with E-state index in [1.165, 1.54) is 16.4 Å². The van der Waals surface area contributed by atoms with Gasteiger partial charge in [-0.3, -0.25) is 4.79 Å². The van der Waals surface area contributed by atoms with Crippen LogP contribution in [0.1, 0.15) is 21.3 Å². The van der Waals surface area contributed by atoms with Crippen molar-refractivity contribution in [3.8, 4) is 0 Å². The first-order valence-electron chi connectivity index (χ1n) is 9.05. The highest BCUT2D eigenvalue weighted by atomic mass is 32.2. The molecule has 1 aromatic heterocycles. The number of likely N-dealkylation sites (N-methyl/N-ethyl adjacent to an activating group) is 1. The van der Waals surface area contributed by atoms with E-state index in [4.69, 9.17) is 4.74 Å². The number of ether oxygens (including phenoxy) is 1. The molecule has 0 saturated carbocycles. The molecule has 0 aliphatic carbocycles. The summed E-state index contributed by atoms with van der Waals surface area (Å²) in [5.74, 6) is -0.289. The fourth-order valence-corrected chi connectivity index (χ4v) is 5.42. The van der Waals surface area contributed by atoms with Gasteiger partial charge >= 0.3 is 0 Å². The van der Waals surface area contributed by atoms with Crippen LogP contribution < -0.4 is 5.32 Å². The number of morpholine rings is 1. The van der Waals surface area contributed by atoms with Crippen LogP contribution in [0.25, 0.3) is 0 Å². The number of thiophene rings is 1. The Morgan fingerprint density at radius 1 is 1.25 bits per heavy atom. The number of hydrogen-bond acceptors (Lipinski definition) is 6. The van der Waals surface area contributed by atoms with Gasteiger partial charge in [0.15, 0.2) is 0 Å². The molecule has 7 nitrogen and oxygen atoms in total. The van der Waals surface area contributed by atoms with Crippen molar-refractivity contribution in [2.75, 3.05) is 46.9 Å². The highest BCUT2D eigenvalue weighted by molar-refractivity contribution is 7.89. The Morgan fingerprint density at radius 3 is 2.64 bits per heavy atom. The van der Waals surface area contributed by atoms with Crippen molar-refractivity contribution in [1.29, 1.82) is 0 Å². The summed E-state index contributed by atoms with van der Waals surface area (Å²) in [5, 5.41) is 4.93. The number of sulfonamides is 1. The van der Waals surface area contributed by atoms with Crippen molar-refractivity contribution in [2.45, 2.75) is 10.9 Å². The molecule has 1 aliphatic rings. The average Bonchev–Trinajstić information content (AvgIpc) is 3.23. The van der Waals surface area contributed by atoms with Crippen LogP contribution in [0.5, 0.6) is 0 Å². The van der Waals surface area contributed by atoms with Crippen LogP contribution in [0.15, 0.2) is 46.7 Å². The lowest BCUT2D eigenvalue weighted by molar-refractivity contribution is 0.0730. The molecule has 152 valence electrons. The Morgan fingerprint density at radius 2 is 2.00 bits per heavy atom. The van der Waals surface area contributed by atoms with E-state index in [-0.39, 0.29) is 16.8 Å². The Hall–Kier alpha value is -1.78. The standard InChI is InChI=1S/C19H25N3O4S2/c1-21(2)17(18-7-4-12-27-18)14-20-19(23)15-5-3-6-16(13-15)28(24,25)22-8-10-26-11-9-22/h3-7,12-13,17H,8-11,14H2,1-2H3,(H,20,23)/t17-/m1/s1. The van der Waals surface area contributed by atoms with Gasteiger partial charge in [0.05, 0.1) is 24.2 Å². The third-order valence-corrected chi connectivity index (χ3v) is 7.52. The molecule has 9 heteroatoms. The summed E-state index contributed by atoms with van der Waals surface area (Å²) in [6.45, 7) is 1.85. The normalized spacial score (nSPS) is 16.8. The molecule has 0 unspecified atom stereocenters. The van der Waals surface area contributed by atoms with Crippen molar-refractivity contribution >= 4 is 27.3 Å². The van der Waals surface area contributed by atoms with E-state index in [0.717, 1.165) is 4.88 Å². The van der Waals surface area contributed by atoms with Crippen molar-refractivity contribution in [2.24, 2.45) is 0 Å². The van der Waals surface area contributed by atoms with Crippen LogP contribution in [0, 0.1) is 0 Å². The molecular formula is C19H25N3O4S2. The monoisotopic (exact) mass is 423 g/mol. The van der Waals surface area contributed by atoms with Crippen LogP contribution >= 0.6 is 11.3 Å². The molecule has 1 N–H and O–H groups in total. The van der Waals surface area contributed by atoms with E-state index < -0.39 is 10.0 Å². The van der Waals surface area contributed by atoms with E-state index in [0.29, 0.717) is 38.4 Å². The maximum atomic E-state index is 12.8. The van der Waals surface area contributed by atoms with Crippen LogP contribution in [0.2, 0.25) is 0 Å². The molecular weight excluding hydrogens is 398 g/mol. The Balaban J connectivity index is 1.71. The molecule has 1 amide bonds. The second-order valence-electron chi connectivity index (χ2n) is 6.75. The first-order chi connectivity index (χ1) is 13.4. The maximum absolute atomic E-state index is 12.8. The van der Waals surface area contributed by atoms with Crippen LogP contribution in [0.3, 0.4) is 0 Å². The predicted octanol–water partition coefficient (Wildman–Crippen LogP) is 1.80. The number of amides is 1. The molecule has 2 aromatic rings. The summed E-state index contributed by atoms with van der Waals surface area (Å²) >= 11 is 1.64. The molecule has 1 fully saturated rings. The molecule has 3 rings (SSSR count). The number of carbonyl (C=O) groups is 1. The number of rotatable bonds is 7. The lowest BCUT2D eigenvalue weighted by atomic mass is 10.2. The zero-order valence-corrected chi connectivity index (χ0v) is 17.6. The topological polar surface area (TPSA) is 79.0 Å². The van der Waals surface area contributed by atoms with Gasteiger partial charge in [0.1, 0.15) is 0 Å². The van der Waals surface area contributed by atoms with Gasteiger partial charge in [-0.25, -0.2) is 8.42 Å². The molecule has 0 spiro atoms. The second kappa shape index (κ2) is 9.15. The van der Waals surface area contributed by atoms with Crippen molar-refractivity contribution in [3.05, 3.63) is 52.2 Å². The van der Waals surface area contributed by atoms with Gasteiger partial charge in [-0.1, -0.05) is 12.1 Å². The zero-order valence-electron chi connectivity index (χ0n) is 16.0. The Kier molecular flexibility index (Phi) is 6.84. The van der Waals surface area contributed by atoms with Crippen molar-refractivity contribution < 1.29 is 17.9 Å². The van der Waals surface area contributed by atoms with Crippen molar-refractivity contribution in [1.82, 2.24) is 14.5 Å². The molecule has 0 bridgehead atoms. The summed E-state index contributed by atoms with van der Waals surface area (Å²) in [7, 11) is 0.297. The Bertz CT molecular complexity index is 892. The van der Waals surface area contributed by atoms with Crippen LogP contribution in [-0.2, 0) is 14.8 Å². The average molecular weight is 424 g/mol. The lowest BCUT2D eigenvalue weighted by Gasteiger charge is -2.26. The molecule has 2 heterocycles. The van der Waals surface area contributed by atoms with Crippen LogP contribution in [-0.4, -0.2) is 70.5 Å². The second-order valence-corrected chi connectivity index (χ2v) is 9.67. The van der Waals surface area contributed by atoms with Crippen LogP contribution in [0.4, 0.5) is 0 Å². The van der Waals surface area contributed by atoms with E-state index in [1.807, 2.05) is 36.5 Å². The van der Waals surface area contributed by atoms with E-state index in [1.54, 1.807) is 23.5 Å². The van der Waals surface area contributed by atoms with Gasteiger partial charge in [-0.05, 0) is 43.7 Å². The SMILES string of the molecule is CN(C)[C@H](CNC(=O)c1cccc(S(=O)(=O)N2CCOCC2)c1)c1cccs1. The fourth-order valence-electron chi connectivity index (χ4n) is 3.04. The van der Waals surface area contributed by atoms with E-state index in [9.17, 15) is 13.2 Å². The highest BCUT2D eigenvalue weighted by Gasteiger charge is 2.27. The maximum Gasteiger partial charge on any atom is 0.251 e. The molecule has 1 aromatic carbocycles. The number of nitrogens with zero attached hydrogens (tertiary/aromatic N) is 2. The zero-order chi connectivity index (χ0) is 20.1. The summed E-state index contributed by atoms with van der Waals surface area (Å²) in [6.07, 6.45) is 0. The number of hydrogen-bond donors (Lipinski definition) is 1. The smallest absolute Gasteiger partial charge is 0.251 e. The quantitative estimate of drug-likeness (QED) is 0.735. The number of benzene rings is 1. The molecule has 1 aliphatic heterocycles. The molecule has 0 radical (unpaired) electrons. The number of nitrogens with one attached hydrogen (secondary N) is 1. The minimum atomic E-state index is -3.63. The fraction of sp³-hybridized carbons (Fsp3) is 0.421. The summed E-state index contributed by atoms with van der Waals surface area (Å²) < 4.78 is 32.2. The largest absolute Gasteiger partial charge is 0.379 e. The molecule has 1 atom stereocenters. The third kappa shape index (κ3) is 4.79. The molecule has 1 saturated heterocycles. The highest BCUT2D eigenvalue weighted by Crippen LogP contribution is 2.23. The van der Waals surface area contributed by atoms with Gasteiger partial charge in [-0.2, -0.15) is 4.31 Å². The van der Waals surface area contributed by atoms with Gasteiger partial charge < -0.3 is 15.0 Å². The minimum absolute atomic E-state index is 0.0595.